The van der Waals surface area contributed by atoms with Crippen LogP contribution in [0.5, 0.6) is 0 Å². The van der Waals surface area contributed by atoms with Crippen LogP contribution >= 0.6 is 0 Å². The highest BCUT2D eigenvalue weighted by Gasteiger charge is 2.28. The molecule has 1 amide bonds. The lowest BCUT2D eigenvalue weighted by atomic mass is 10.1. The monoisotopic (exact) mass is 312 g/mol. The number of para-hydroxylation sites is 1. The van der Waals surface area contributed by atoms with E-state index in [-0.39, 0.29) is 12.0 Å². The van der Waals surface area contributed by atoms with E-state index in [1.54, 1.807) is 0 Å². The molecule has 23 heavy (non-hydrogen) atoms. The van der Waals surface area contributed by atoms with E-state index in [4.69, 9.17) is 9.72 Å². The maximum atomic E-state index is 12.7. The number of amides is 1. The van der Waals surface area contributed by atoms with Crippen molar-refractivity contribution in [2.75, 3.05) is 13.2 Å². The smallest absolute Gasteiger partial charge is 0.252 e. The summed E-state index contributed by atoms with van der Waals surface area (Å²) in [5.74, 6) is 0.520. The van der Waals surface area contributed by atoms with Gasteiger partial charge in [0.1, 0.15) is 6.10 Å². The fourth-order valence-electron chi connectivity index (χ4n) is 3.04. The third kappa shape index (κ3) is 3.88. The summed E-state index contributed by atoms with van der Waals surface area (Å²) in [6.45, 7) is 6.22. The van der Waals surface area contributed by atoms with Gasteiger partial charge in [-0.2, -0.15) is 0 Å². The fraction of sp³-hybridized carbons (Fsp3) is 0.474. The predicted molar refractivity (Wildman–Crippen MR) is 91.0 cm³/mol. The van der Waals surface area contributed by atoms with Crippen LogP contribution in [0, 0.1) is 5.92 Å². The minimum absolute atomic E-state index is 0.103. The minimum atomic E-state index is -0.269. The summed E-state index contributed by atoms with van der Waals surface area (Å²) in [5, 5.41) is 1.12. The third-order valence-corrected chi connectivity index (χ3v) is 4.11. The molecule has 0 spiro atoms. The number of hydrogen-bond donors (Lipinski definition) is 0. The Bertz CT molecular complexity index is 678. The maximum Gasteiger partial charge on any atom is 0.252 e. The van der Waals surface area contributed by atoms with Crippen molar-refractivity contribution >= 4 is 16.8 Å². The van der Waals surface area contributed by atoms with Crippen LogP contribution in [0.3, 0.4) is 0 Å². The molecule has 122 valence electrons. The van der Waals surface area contributed by atoms with Crippen LogP contribution in [0.25, 0.3) is 10.9 Å². The second-order valence-electron chi connectivity index (χ2n) is 6.61. The lowest BCUT2D eigenvalue weighted by molar-refractivity contribution is -0.142. The largest absolute Gasteiger partial charge is 0.368 e. The van der Waals surface area contributed by atoms with Crippen molar-refractivity contribution in [2.45, 2.75) is 39.3 Å². The Kier molecular flexibility index (Phi) is 4.91. The number of aromatic nitrogens is 1. The summed E-state index contributed by atoms with van der Waals surface area (Å²) in [4.78, 5) is 19.3. The molecule has 3 rings (SSSR count). The molecule has 0 radical (unpaired) electrons. The lowest BCUT2D eigenvalue weighted by Crippen LogP contribution is -2.40. The van der Waals surface area contributed by atoms with Crippen LogP contribution in [0.2, 0.25) is 0 Å². The van der Waals surface area contributed by atoms with E-state index >= 15 is 0 Å². The molecule has 1 aromatic heterocycles. The minimum Gasteiger partial charge on any atom is -0.368 e. The Labute approximate surface area is 137 Å². The van der Waals surface area contributed by atoms with Gasteiger partial charge in [-0.15, -0.1) is 0 Å². The first kappa shape index (κ1) is 15.9. The van der Waals surface area contributed by atoms with Gasteiger partial charge < -0.3 is 9.64 Å². The van der Waals surface area contributed by atoms with Gasteiger partial charge in [0.05, 0.1) is 17.8 Å². The first-order valence-corrected chi connectivity index (χ1v) is 8.38. The highest BCUT2D eigenvalue weighted by atomic mass is 16.5. The molecule has 1 unspecified atom stereocenters. The zero-order valence-corrected chi connectivity index (χ0v) is 13.9. The van der Waals surface area contributed by atoms with Gasteiger partial charge in [-0.3, -0.25) is 9.78 Å². The molecule has 4 heteroatoms. The van der Waals surface area contributed by atoms with Crippen molar-refractivity contribution in [1.29, 1.82) is 0 Å². The van der Waals surface area contributed by atoms with Gasteiger partial charge in [-0.1, -0.05) is 38.1 Å². The molecule has 1 fully saturated rings. The fourth-order valence-corrected chi connectivity index (χ4v) is 3.04. The van der Waals surface area contributed by atoms with E-state index < -0.39 is 0 Å². The van der Waals surface area contributed by atoms with E-state index in [9.17, 15) is 4.79 Å². The summed E-state index contributed by atoms with van der Waals surface area (Å²) >= 11 is 0. The van der Waals surface area contributed by atoms with Crippen molar-refractivity contribution < 1.29 is 9.53 Å². The Morgan fingerprint density at radius 2 is 2.13 bits per heavy atom. The molecule has 1 aliphatic heterocycles. The quantitative estimate of drug-likeness (QED) is 0.850. The van der Waals surface area contributed by atoms with Crippen LogP contribution in [-0.2, 0) is 16.1 Å². The molecular weight excluding hydrogens is 288 g/mol. The van der Waals surface area contributed by atoms with Gasteiger partial charge in [-0.25, -0.2) is 0 Å². The molecule has 0 bridgehead atoms. The summed E-state index contributed by atoms with van der Waals surface area (Å²) in [5.41, 5.74) is 1.90. The Hall–Kier alpha value is -1.94. The van der Waals surface area contributed by atoms with Gasteiger partial charge in [-0.05, 0) is 30.9 Å². The predicted octanol–water partition coefficient (Wildman–Crippen LogP) is 3.40. The van der Waals surface area contributed by atoms with E-state index in [0.29, 0.717) is 19.1 Å². The molecule has 1 saturated heterocycles. The number of carbonyl (C=O) groups is 1. The van der Waals surface area contributed by atoms with Gasteiger partial charge >= 0.3 is 0 Å². The molecule has 1 aliphatic rings. The van der Waals surface area contributed by atoms with Crippen LogP contribution < -0.4 is 0 Å². The number of rotatable bonds is 5. The number of nitrogens with zero attached hydrogens (tertiary/aromatic N) is 2. The first-order chi connectivity index (χ1) is 11.1. The van der Waals surface area contributed by atoms with Crippen molar-refractivity contribution in [3.63, 3.8) is 0 Å². The van der Waals surface area contributed by atoms with E-state index in [1.165, 1.54) is 0 Å². The van der Waals surface area contributed by atoms with E-state index in [2.05, 4.69) is 26.0 Å². The number of pyridine rings is 1. The first-order valence-electron chi connectivity index (χ1n) is 8.38. The molecule has 0 aliphatic carbocycles. The second-order valence-corrected chi connectivity index (χ2v) is 6.61. The van der Waals surface area contributed by atoms with Crippen LogP contribution in [0.15, 0.2) is 36.4 Å². The molecule has 2 aromatic rings. The second kappa shape index (κ2) is 7.09. The number of hydrogen-bond acceptors (Lipinski definition) is 3. The summed E-state index contributed by atoms with van der Waals surface area (Å²) in [6, 6.07) is 12.1. The number of ether oxygens (including phenoxy) is 1. The van der Waals surface area contributed by atoms with Crippen molar-refractivity contribution in [3.8, 4) is 0 Å². The molecule has 0 N–H and O–H groups in total. The lowest BCUT2D eigenvalue weighted by Gasteiger charge is -2.26. The molecule has 2 heterocycles. The van der Waals surface area contributed by atoms with E-state index in [0.717, 1.165) is 36.0 Å². The summed E-state index contributed by atoms with van der Waals surface area (Å²) < 4.78 is 5.57. The van der Waals surface area contributed by atoms with Gasteiger partial charge in [0.25, 0.3) is 5.91 Å². The summed E-state index contributed by atoms with van der Waals surface area (Å²) in [7, 11) is 0. The topological polar surface area (TPSA) is 42.4 Å². The summed E-state index contributed by atoms with van der Waals surface area (Å²) in [6.07, 6.45) is 1.54. The normalized spacial score (nSPS) is 17.8. The zero-order valence-electron chi connectivity index (χ0n) is 13.9. The molecule has 1 atom stereocenters. The van der Waals surface area contributed by atoms with Crippen LogP contribution in [0.1, 0.15) is 32.4 Å². The van der Waals surface area contributed by atoms with Gasteiger partial charge in [0.15, 0.2) is 0 Å². The zero-order chi connectivity index (χ0) is 16.2. The van der Waals surface area contributed by atoms with Crippen LogP contribution in [0.4, 0.5) is 0 Å². The highest BCUT2D eigenvalue weighted by Crippen LogP contribution is 2.18. The van der Waals surface area contributed by atoms with Gasteiger partial charge in [0, 0.05) is 18.5 Å². The van der Waals surface area contributed by atoms with Gasteiger partial charge in [0.2, 0.25) is 0 Å². The van der Waals surface area contributed by atoms with Crippen molar-refractivity contribution in [3.05, 3.63) is 42.1 Å². The Morgan fingerprint density at radius 1 is 1.30 bits per heavy atom. The van der Waals surface area contributed by atoms with E-state index in [1.807, 2.05) is 29.2 Å². The number of fused-ring (bicyclic) bond motifs is 1. The van der Waals surface area contributed by atoms with Crippen molar-refractivity contribution in [2.24, 2.45) is 5.92 Å². The van der Waals surface area contributed by atoms with Crippen molar-refractivity contribution in [1.82, 2.24) is 9.88 Å². The molecule has 4 nitrogen and oxygen atoms in total. The SMILES string of the molecule is CC(C)CN(Cc1ccc2ccccc2n1)C(=O)C1CCCO1. The van der Waals surface area contributed by atoms with Crippen LogP contribution in [-0.4, -0.2) is 35.0 Å². The number of carbonyl (C=O) groups excluding carboxylic acids is 1. The molecule has 0 saturated carbocycles. The molecular formula is C19H24N2O2. The Balaban J connectivity index is 1.79. The standard InChI is InChI=1S/C19H24N2O2/c1-14(2)12-21(19(22)18-8-5-11-23-18)13-16-10-9-15-6-3-4-7-17(15)20-16/h3-4,6-7,9-10,14,18H,5,8,11-13H2,1-2H3. The average Bonchev–Trinajstić information content (AvgIpc) is 3.07. The molecule has 1 aromatic carbocycles. The number of benzene rings is 1. The average molecular weight is 312 g/mol. The highest BCUT2D eigenvalue weighted by molar-refractivity contribution is 5.81. The third-order valence-electron chi connectivity index (χ3n) is 4.11. The Morgan fingerprint density at radius 3 is 2.87 bits per heavy atom. The maximum absolute atomic E-state index is 12.7.